The van der Waals surface area contributed by atoms with Crippen LogP contribution in [0, 0.1) is 0 Å². The Labute approximate surface area is 107 Å². The highest BCUT2D eigenvalue weighted by Crippen LogP contribution is 2.06. The van der Waals surface area contributed by atoms with Crippen LogP contribution in [0.4, 0.5) is 0 Å². The van der Waals surface area contributed by atoms with Crippen LogP contribution in [-0.4, -0.2) is 44.5 Å². The molecule has 2 rings (SSSR count). The molecule has 1 amide bonds. The smallest absolute Gasteiger partial charge is 0.273 e. The van der Waals surface area contributed by atoms with E-state index in [1.165, 1.54) is 4.90 Å². The molecule has 0 saturated carbocycles. The van der Waals surface area contributed by atoms with Gasteiger partial charge in [-0.3, -0.25) is 9.48 Å². The van der Waals surface area contributed by atoms with Crippen LogP contribution in [0.25, 0.3) is 0 Å². The topological polar surface area (TPSA) is 56.0 Å². The predicted octanol–water partition coefficient (Wildman–Crippen LogP) is 1.05. The molecule has 90 valence electrons. The number of halogens is 1. The number of hydrogen-bond donors (Lipinski definition) is 0. The molecule has 0 unspecified atom stereocenters. The van der Waals surface area contributed by atoms with Gasteiger partial charge in [0.2, 0.25) is 0 Å². The van der Waals surface area contributed by atoms with Crippen LogP contribution in [0.15, 0.2) is 29.1 Å². The summed E-state index contributed by atoms with van der Waals surface area (Å²) in [6.45, 7) is 0.478. The van der Waals surface area contributed by atoms with Crippen LogP contribution in [0.5, 0.6) is 0 Å². The van der Waals surface area contributed by atoms with E-state index < -0.39 is 0 Å². The fraction of sp³-hybridized carbons (Fsp3) is 0.300. The van der Waals surface area contributed by atoms with E-state index in [0.29, 0.717) is 12.4 Å². The number of aromatic nitrogens is 4. The second kappa shape index (κ2) is 4.70. The molecular weight excluding hydrogens is 286 g/mol. The minimum Gasteiger partial charge on any atom is -0.343 e. The lowest BCUT2D eigenvalue weighted by molar-refractivity contribution is 0.0821. The van der Waals surface area contributed by atoms with Crippen LogP contribution in [0.2, 0.25) is 0 Å². The van der Waals surface area contributed by atoms with Crippen molar-refractivity contribution in [2.24, 2.45) is 0 Å². The Morgan fingerprint density at radius 3 is 2.82 bits per heavy atom. The van der Waals surface area contributed by atoms with Crippen LogP contribution >= 0.6 is 15.9 Å². The third-order valence-corrected chi connectivity index (χ3v) is 2.57. The zero-order valence-electron chi connectivity index (χ0n) is 9.54. The molecule has 0 N–H and O–H groups in total. The first-order valence-electron chi connectivity index (χ1n) is 4.99. The molecule has 0 saturated heterocycles. The van der Waals surface area contributed by atoms with Crippen molar-refractivity contribution in [3.63, 3.8) is 0 Å². The summed E-state index contributed by atoms with van der Waals surface area (Å²) in [6, 6.07) is 1.70. The molecule has 0 bridgehead atoms. The molecule has 2 aromatic rings. The largest absolute Gasteiger partial charge is 0.343 e. The van der Waals surface area contributed by atoms with Gasteiger partial charge in [0.1, 0.15) is 12.4 Å². The Morgan fingerprint density at radius 1 is 1.47 bits per heavy atom. The van der Waals surface area contributed by atoms with Crippen LogP contribution in [0.1, 0.15) is 10.5 Å². The van der Waals surface area contributed by atoms with Gasteiger partial charge in [0, 0.05) is 26.5 Å². The second-order valence-electron chi connectivity index (χ2n) is 3.78. The van der Waals surface area contributed by atoms with Gasteiger partial charge in [-0.05, 0) is 22.0 Å². The fourth-order valence-electron chi connectivity index (χ4n) is 1.35. The average molecular weight is 298 g/mol. The Hall–Kier alpha value is -1.63. The molecule has 0 fully saturated rings. The van der Waals surface area contributed by atoms with E-state index in [4.69, 9.17) is 0 Å². The number of amides is 1. The van der Waals surface area contributed by atoms with Gasteiger partial charge in [-0.15, -0.1) is 0 Å². The zero-order valence-corrected chi connectivity index (χ0v) is 11.1. The maximum Gasteiger partial charge on any atom is 0.273 e. The van der Waals surface area contributed by atoms with E-state index in [1.54, 1.807) is 41.9 Å². The summed E-state index contributed by atoms with van der Waals surface area (Å²) in [5.41, 5.74) is 0.432. The second-order valence-corrected chi connectivity index (χ2v) is 4.70. The van der Waals surface area contributed by atoms with Gasteiger partial charge in [-0.2, -0.15) is 10.2 Å². The maximum atomic E-state index is 11.6. The van der Waals surface area contributed by atoms with Gasteiger partial charge in [-0.1, -0.05) is 0 Å². The molecule has 0 spiro atoms. The van der Waals surface area contributed by atoms with Crippen molar-refractivity contribution in [3.8, 4) is 0 Å². The maximum absolute atomic E-state index is 11.6. The lowest BCUT2D eigenvalue weighted by atomic mass is 10.4. The van der Waals surface area contributed by atoms with E-state index in [-0.39, 0.29) is 5.91 Å². The van der Waals surface area contributed by atoms with Crippen molar-refractivity contribution >= 4 is 21.8 Å². The summed E-state index contributed by atoms with van der Waals surface area (Å²) in [6.07, 6.45) is 5.30. The first-order valence-corrected chi connectivity index (χ1v) is 5.78. The Kier molecular flexibility index (Phi) is 3.28. The predicted molar refractivity (Wildman–Crippen MR) is 65.6 cm³/mol. The van der Waals surface area contributed by atoms with E-state index >= 15 is 0 Å². The van der Waals surface area contributed by atoms with Crippen LogP contribution in [0.3, 0.4) is 0 Å². The number of nitrogens with zero attached hydrogens (tertiary/aromatic N) is 5. The first-order chi connectivity index (χ1) is 8.06. The third kappa shape index (κ3) is 2.73. The standard InChI is InChI=1S/C10H12BrN5O/c1-14(2)10(17)9-3-4-15(13-9)7-16-6-8(11)5-12-16/h3-6H,7H2,1-2H3. The van der Waals surface area contributed by atoms with Crippen LogP contribution in [-0.2, 0) is 6.67 Å². The van der Waals surface area contributed by atoms with E-state index in [0.717, 1.165) is 4.47 Å². The SMILES string of the molecule is CN(C)C(=O)c1ccn(Cn2cc(Br)cn2)n1. The first kappa shape index (κ1) is 11.8. The number of hydrogen-bond acceptors (Lipinski definition) is 3. The van der Waals surface area contributed by atoms with Gasteiger partial charge in [0.15, 0.2) is 0 Å². The van der Waals surface area contributed by atoms with Crippen molar-refractivity contribution in [2.75, 3.05) is 14.1 Å². The molecule has 0 atom stereocenters. The van der Waals surface area contributed by atoms with Crippen molar-refractivity contribution in [2.45, 2.75) is 6.67 Å². The van der Waals surface area contributed by atoms with Crippen molar-refractivity contribution in [3.05, 3.63) is 34.8 Å². The molecule has 2 aromatic heterocycles. The molecule has 0 aliphatic heterocycles. The summed E-state index contributed by atoms with van der Waals surface area (Å²) in [4.78, 5) is 13.1. The summed E-state index contributed by atoms with van der Waals surface area (Å²) in [5, 5.41) is 8.30. The van der Waals surface area contributed by atoms with Crippen molar-refractivity contribution in [1.29, 1.82) is 0 Å². The minimum atomic E-state index is -0.106. The average Bonchev–Trinajstić information content (AvgIpc) is 2.87. The van der Waals surface area contributed by atoms with Crippen molar-refractivity contribution < 1.29 is 4.79 Å². The number of carbonyl (C=O) groups is 1. The molecule has 0 radical (unpaired) electrons. The Morgan fingerprint density at radius 2 is 2.24 bits per heavy atom. The van der Waals surface area contributed by atoms with E-state index in [2.05, 4.69) is 26.1 Å². The van der Waals surface area contributed by atoms with Gasteiger partial charge in [0.05, 0.1) is 10.7 Å². The number of rotatable bonds is 3. The fourth-order valence-corrected chi connectivity index (χ4v) is 1.68. The summed E-state index contributed by atoms with van der Waals surface area (Å²) < 4.78 is 4.30. The minimum absolute atomic E-state index is 0.106. The Bertz CT molecular complexity index is 530. The normalized spacial score (nSPS) is 10.5. The van der Waals surface area contributed by atoms with Crippen LogP contribution < -0.4 is 0 Å². The lowest BCUT2D eigenvalue weighted by Gasteiger charge is -2.07. The molecule has 0 aliphatic rings. The Balaban J connectivity index is 2.11. The van der Waals surface area contributed by atoms with Gasteiger partial charge in [-0.25, -0.2) is 4.68 Å². The third-order valence-electron chi connectivity index (χ3n) is 2.16. The highest BCUT2D eigenvalue weighted by molar-refractivity contribution is 9.10. The monoisotopic (exact) mass is 297 g/mol. The molecule has 6 nitrogen and oxygen atoms in total. The molecule has 7 heteroatoms. The zero-order chi connectivity index (χ0) is 12.4. The van der Waals surface area contributed by atoms with Gasteiger partial charge < -0.3 is 4.90 Å². The van der Waals surface area contributed by atoms with Gasteiger partial charge in [0.25, 0.3) is 5.91 Å². The molecule has 17 heavy (non-hydrogen) atoms. The summed E-state index contributed by atoms with van der Waals surface area (Å²) in [7, 11) is 3.40. The lowest BCUT2D eigenvalue weighted by Crippen LogP contribution is -2.22. The summed E-state index contributed by atoms with van der Waals surface area (Å²) in [5.74, 6) is -0.106. The quantitative estimate of drug-likeness (QED) is 0.851. The molecule has 2 heterocycles. The molecular formula is C10H12BrN5O. The van der Waals surface area contributed by atoms with Gasteiger partial charge >= 0.3 is 0 Å². The number of carbonyl (C=O) groups excluding carboxylic acids is 1. The molecule has 0 aromatic carbocycles. The highest BCUT2D eigenvalue weighted by atomic mass is 79.9. The molecule has 0 aliphatic carbocycles. The van der Waals surface area contributed by atoms with E-state index in [9.17, 15) is 4.79 Å². The van der Waals surface area contributed by atoms with E-state index in [1.807, 2.05) is 6.20 Å². The van der Waals surface area contributed by atoms with Crippen molar-refractivity contribution in [1.82, 2.24) is 24.5 Å². The summed E-state index contributed by atoms with van der Waals surface area (Å²) >= 11 is 3.32. The highest BCUT2D eigenvalue weighted by Gasteiger charge is 2.11.